The molecule has 2 rings (SSSR count). The maximum atomic E-state index is 12.0. The average Bonchev–Trinajstić information content (AvgIpc) is 2.50. The molecule has 1 N–H and O–H groups in total. The molecule has 0 radical (unpaired) electrons. The molecule has 122 valence electrons. The Labute approximate surface area is 148 Å². The van der Waals surface area contributed by atoms with Gasteiger partial charge in [0.05, 0.1) is 12.1 Å². The summed E-state index contributed by atoms with van der Waals surface area (Å²) in [5.74, 6) is 0.956. The molecule has 2 aromatic carbocycles. The van der Waals surface area contributed by atoms with Gasteiger partial charge in [-0.05, 0) is 55.3 Å². The van der Waals surface area contributed by atoms with Gasteiger partial charge in [0.15, 0.2) is 6.61 Å². The molecule has 0 fully saturated rings. The zero-order chi connectivity index (χ0) is 17.0. The molecule has 0 aliphatic heterocycles. The Morgan fingerprint density at radius 1 is 1.22 bits per heavy atom. The molecule has 0 aliphatic carbocycles. The van der Waals surface area contributed by atoms with Gasteiger partial charge >= 0.3 is 0 Å². The van der Waals surface area contributed by atoms with Crippen LogP contribution in [0.1, 0.15) is 11.1 Å². The van der Waals surface area contributed by atoms with Crippen LogP contribution < -0.4 is 14.8 Å². The van der Waals surface area contributed by atoms with E-state index >= 15 is 0 Å². The van der Waals surface area contributed by atoms with Crippen LogP contribution >= 0.6 is 27.5 Å². The topological polar surface area (TPSA) is 47.6 Å². The molecular formula is C17H17BrClNO3. The van der Waals surface area contributed by atoms with Crippen molar-refractivity contribution in [3.63, 3.8) is 0 Å². The van der Waals surface area contributed by atoms with Crippen LogP contribution in [-0.2, 0) is 4.79 Å². The molecule has 23 heavy (non-hydrogen) atoms. The van der Waals surface area contributed by atoms with Crippen LogP contribution in [0.2, 0.25) is 5.02 Å². The van der Waals surface area contributed by atoms with E-state index in [1.807, 2.05) is 26.0 Å². The van der Waals surface area contributed by atoms with Gasteiger partial charge in [0.25, 0.3) is 5.91 Å². The molecule has 0 bridgehead atoms. The number of aryl methyl sites for hydroxylation is 2. The predicted octanol–water partition coefficient (Wildman–Crippen LogP) is 4.75. The number of benzene rings is 2. The summed E-state index contributed by atoms with van der Waals surface area (Å²) in [6.45, 7) is 3.87. The molecule has 0 unspecified atom stereocenters. The zero-order valence-electron chi connectivity index (χ0n) is 13.1. The number of ether oxygens (including phenoxy) is 2. The number of carbonyl (C=O) groups excluding carboxylic acids is 1. The Kier molecular flexibility index (Phi) is 5.91. The van der Waals surface area contributed by atoms with Gasteiger partial charge in [0, 0.05) is 10.2 Å². The lowest BCUT2D eigenvalue weighted by atomic mass is 10.1. The highest BCUT2D eigenvalue weighted by Gasteiger charge is 2.08. The second kappa shape index (κ2) is 7.70. The number of anilines is 1. The van der Waals surface area contributed by atoms with Gasteiger partial charge in [-0.15, -0.1) is 0 Å². The maximum absolute atomic E-state index is 12.0. The number of carbonyl (C=O) groups is 1. The third kappa shape index (κ3) is 4.62. The monoisotopic (exact) mass is 397 g/mol. The third-order valence-electron chi connectivity index (χ3n) is 3.22. The van der Waals surface area contributed by atoms with Crippen molar-refractivity contribution < 1.29 is 14.3 Å². The molecule has 0 atom stereocenters. The minimum Gasteiger partial charge on any atom is -0.495 e. The Balaban J connectivity index is 1.96. The highest BCUT2D eigenvalue weighted by Crippen LogP contribution is 2.28. The first-order valence-corrected chi connectivity index (χ1v) is 8.10. The summed E-state index contributed by atoms with van der Waals surface area (Å²) in [4.78, 5) is 12.0. The zero-order valence-corrected chi connectivity index (χ0v) is 15.4. The van der Waals surface area contributed by atoms with Crippen LogP contribution in [0.3, 0.4) is 0 Å². The highest BCUT2D eigenvalue weighted by molar-refractivity contribution is 9.10. The first-order chi connectivity index (χ1) is 10.9. The molecule has 0 aromatic heterocycles. The van der Waals surface area contributed by atoms with Gasteiger partial charge in [-0.3, -0.25) is 4.79 Å². The lowest BCUT2D eigenvalue weighted by molar-refractivity contribution is -0.118. The van der Waals surface area contributed by atoms with E-state index in [-0.39, 0.29) is 12.5 Å². The van der Waals surface area contributed by atoms with Gasteiger partial charge in [0.1, 0.15) is 11.5 Å². The van der Waals surface area contributed by atoms with Gasteiger partial charge in [-0.2, -0.15) is 0 Å². The van der Waals surface area contributed by atoms with Crippen molar-refractivity contribution in [2.75, 3.05) is 19.0 Å². The van der Waals surface area contributed by atoms with Crippen molar-refractivity contribution >= 4 is 39.1 Å². The van der Waals surface area contributed by atoms with Crippen molar-refractivity contribution in [1.29, 1.82) is 0 Å². The number of nitrogens with one attached hydrogen (secondary N) is 1. The Bertz CT molecular complexity index is 711. The Morgan fingerprint density at radius 2 is 1.87 bits per heavy atom. The summed E-state index contributed by atoms with van der Waals surface area (Å²) in [6, 6.07) is 8.81. The molecule has 0 spiro atoms. The number of hydrogen-bond acceptors (Lipinski definition) is 3. The average molecular weight is 399 g/mol. The summed E-state index contributed by atoms with van der Waals surface area (Å²) in [6.07, 6.45) is 0. The van der Waals surface area contributed by atoms with Gasteiger partial charge in [-0.1, -0.05) is 27.5 Å². The summed E-state index contributed by atoms with van der Waals surface area (Å²) in [5, 5.41) is 3.17. The first kappa shape index (κ1) is 17.6. The van der Waals surface area contributed by atoms with Crippen LogP contribution in [0.4, 0.5) is 5.69 Å². The van der Waals surface area contributed by atoms with Crippen LogP contribution in [0, 0.1) is 13.8 Å². The van der Waals surface area contributed by atoms with Crippen molar-refractivity contribution in [2.24, 2.45) is 0 Å². The predicted molar refractivity (Wildman–Crippen MR) is 95.7 cm³/mol. The Morgan fingerprint density at radius 3 is 2.43 bits per heavy atom. The highest BCUT2D eigenvalue weighted by atomic mass is 79.9. The quantitative estimate of drug-likeness (QED) is 0.791. The second-order valence-corrected chi connectivity index (χ2v) is 6.26. The number of methoxy groups -OCH3 is 1. The SMILES string of the molecule is COc1ccc(NC(=O)COc2cc(C)c(Br)c(C)c2)cc1Cl. The van der Waals surface area contributed by atoms with Crippen molar-refractivity contribution in [1.82, 2.24) is 0 Å². The van der Waals surface area contributed by atoms with Crippen LogP contribution in [-0.4, -0.2) is 19.6 Å². The number of rotatable bonds is 5. The molecule has 6 heteroatoms. The van der Waals surface area contributed by atoms with E-state index in [1.165, 1.54) is 7.11 Å². The molecule has 4 nitrogen and oxygen atoms in total. The van der Waals surface area contributed by atoms with E-state index in [2.05, 4.69) is 21.2 Å². The van der Waals surface area contributed by atoms with E-state index in [0.29, 0.717) is 22.2 Å². The second-order valence-electron chi connectivity index (χ2n) is 5.06. The molecule has 0 saturated heterocycles. The van der Waals surface area contributed by atoms with Gasteiger partial charge in [-0.25, -0.2) is 0 Å². The van der Waals surface area contributed by atoms with Crippen LogP contribution in [0.5, 0.6) is 11.5 Å². The fraction of sp³-hybridized carbons (Fsp3) is 0.235. The molecule has 2 aromatic rings. The number of halogens is 2. The standard InChI is InChI=1S/C17H17BrClNO3/c1-10-6-13(7-11(2)17(10)18)23-9-16(21)20-12-4-5-15(22-3)14(19)8-12/h4-8H,9H2,1-3H3,(H,20,21). The van der Waals surface area contributed by atoms with Crippen molar-refractivity contribution in [3.8, 4) is 11.5 Å². The van der Waals surface area contributed by atoms with E-state index in [0.717, 1.165) is 15.6 Å². The van der Waals surface area contributed by atoms with Crippen molar-refractivity contribution in [2.45, 2.75) is 13.8 Å². The van der Waals surface area contributed by atoms with Crippen LogP contribution in [0.25, 0.3) is 0 Å². The Hall–Kier alpha value is -1.72. The molecule has 0 aliphatic rings. The molecule has 0 saturated carbocycles. The fourth-order valence-electron chi connectivity index (χ4n) is 2.08. The smallest absolute Gasteiger partial charge is 0.262 e. The van der Waals surface area contributed by atoms with Gasteiger partial charge in [0.2, 0.25) is 0 Å². The number of hydrogen-bond donors (Lipinski definition) is 1. The normalized spacial score (nSPS) is 10.3. The summed E-state index contributed by atoms with van der Waals surface area (Å²) >= 11 is 9.52. The fourth-order valence-corrected chi connectivity index (χ4v) is 2.57. The van der Waals surface area contributed by atoms with E-state index in [1.54, 1.807) is 18.2 Å². The molecule has 0 heterocycles. The number of amides is 1. The van der Waals surface area contributed by atoms with Crippen LogP contribution in [0.15, 0.2) is 34.8 Å². The van der Waals surface area contributed by atoms with Crippen molar-refractivity contribution in [3.05, 3.63) is 51.0 Å². The summed E-state index contributed by atoms with van der Waals surface area (Å²) in [5.41, 5.74) is 2.71. The minimum absolute atomic E-state index is 0.0792. The van der Waals surface area contributed by atoms with Gasteiger partial charge < -0.3 is 14.8 Å². The molecule has 1 amide bonds. The van der Waals surface area contributed by atoms with E-state index in [4.69, 9.17) is 21.1 Å². The third-order valence-corrected chi connectivity index (χ3v) is 4.76. The lowest BCUT2D eigenvalue weighted by Crippen LogP contribution is -2.20. The molecular weight excluding hydrogens is 382 g/mol. The lowest BCUT2D eigenvalue weighted by Gasteiger charge is -2.11. The summed E-state index contributed by atoms with van der Waals surface area (Å²) < 4.78 is 11.7. The summed E-state index contributed by atoms with van der Waals surface area (Å²) in [7, 11) is 1.54. The largest absolute Gasteiger partial charge is 0.495 e. The van der Waals surface area contributed by atoms with E-state index < -0.39 is 0 Å². The maximum Gasteiger partial charge on any atom is 0.262 e. The van der Waals surface area contributed by atoms with E-state index in [9.17, 15) is 4.79 Å². The minimum atomic E-state index is -0.260. The first-order valence-electron chi connectivity index (χ1n) is 6.93.